The molecule has 0 aromatic carbocycles. The van der Waals surface area contributed by atoms with Crippen LogP contribution in [0.2, 0.25) is 0 Å². The van der Waals surface area contributed by atoms with Crippen molar-refractivity contribution in [2.45, 2.75) is 13.1 Å². The van der Waals surface area contributed by atoms with Crippen molar-refractivity contribution in [1.82, 2.24) is 14.9 Å². The molecule has 1 N–H and O–H groups in total. The number of carbonyl (C=O) groups excluding carboxylic acids is 1. The van der Waals surface area contributed by atoms with Crippen LogP contribution in [0.1, 0.15) is 21.6 Å². The van der Waals surface area contributed by atoms with Crippen molar-refractivity contribution in [3.05, 3.63) is 53.6 Å². The number of aromatic nitrogens is 2. The monoisotopic (exact) mass is 259 g/mol. The Morgan fingerprint density at radius 2 is 2.00 bits per heavy atom. The van der Waals surface area contributed by atoms with Crippen LogP contribution < -0.4 is 0 Å². The van der Waals surface area contributed by atoms with Crippen LogP contribution in [-0.2, 0) is 17.8 Å². The van der Waals surface area contributed by atoms with E-state index < -0.39 is 0 Å². The van der Waals surface area contributed by atoms with Crippen molar-refractivity contribution < 1.29 is 9.53 Å². The highest BCUT2D eigenvalue weighted by Gasteiger charge is 2.09. The van der Waals surface area contributed by atoms with E-state index in [2.05, 4.69) is 19.6 Å². The second kappa shape index (κ2) is 6.15. The maximum absolute atomic E-state index is 11.3. The Morgan fingerprint density at radius 1 is 1.32 bits per heavy atom. The summed E-state index contributed by atoms with van der Waals surface area (Å²) in [4.78, 5) is 20.4. The number of ether oxygens (including phenoxy) is 1. The number of hydrogen-bond donors (Lipinski definition) is 1. The molecule has 5 nitrogen and oxygen atoms in total. The van der Waals surface area contributed by atoms with E-state index in [-0.39, 0.29) is 5.97 Å². The molecule has 2 aromatic rings. The van der Waals surface area contributed by atoms with Gasteiger partial charge in [-0.2, -0.15) is 0 Å². The average molecular weight is 259 g/mol. The Balaban J connectivity index is 1.94. The molecule has 2 rings (SSSR count). The van der Waals surface area contributed by atoms with Crippen molar-refractivity contribution in [2.75, 3.05) is 14.2 Å². The summed E-state index contributed by atoms with van der Waals surface area (Å²) in [6.07, 6.45) is 5.40. The molecule has 0 saturated carbocycles. The van der Waals surface area contributed by atoms with Gasteiger partial charge < -0.3 is 9.72 Å². The molecule has 5 heteroatoms. The van der Waals surface area contributed by atoms with Gasteiger partial charge >= 0.3 is 5.97 Å². The third-order valence-corrected chi connectivity index (χ3v) is 2.80. The predicted molar refractivity (Wildman–Crippen MR) is 71.5 cm³/mol. The average Bonchev–Trinajstić information content (AvgIpc) is 2.87. The van der Waals surface area contributed by atoms with Crippen LogP contribution in [0.3, 0.4) is 0 Å². The highest BCUT2D eigenvalue weighted by molar-refractivity contribution is 5.87. The van der Waals surface area contributed by atoms with Crippen molar-refractivity contribution in [1.29, 1.82) is 0 Å². The molecule has 19 heavy (non-hydrogen) atoms. The number of methoxy groups -OCH3 is 1. The van der Waals surface area contributed by atoms with Crippen LogP contribution in [0.25, 0.3) is 0 Å². The number of H-pyrrole nitrogens is 1. The summed E-state index contributed by atoms with van der Waals surface area (Å²) in [5.41, 5.74) is 2.74. The van der Waals surface area contributed by atoms with Crippen molar-refractivity contribution in [2.24, 2.45) is 0 Å². The second-order valence-corrected chi connectivity index (χ2v) is 4.44. The van der Waals surface area contributed by atoms with E-state index in [1.54, 1.807) is 12.4 Å². The zero-order valence-corrected chi connectivity index (χ0v) is 11.1. The summed E-state index contributed by atoms with van der Waals surface area (Å²) in [5, 5.41) is 0. The summed E-state index contributed by atoms with van der Waals surface area (Å²) < 4.78 is 4.66. The normalized spacial score (nSPS) is 10.7. The van der Waals surface area contributed by atoms with Crippen LogP contribution in [0.5, 0.6) is 0 Å². The Kier molecular flexibility index (Phi) is 4.30. The lowest BCUT2D eigenvalue weighted by atomic mass is 10.2. The van der Waals surface area contributed by atoms with Gasteiger partial charge in [-0.15, -0.1) is 0 Å². The van der Waals surface area contributed by atoms with Crippen LogP contribution in [-0.4, -0.2) is 35.0 Å². The number of nitrogens with one attached hydrogen (secondary N) is 1. The lowest BCUT2D eigenvalue weighted by Crippen LogP contribution is -2.16. The highest BCUT2D eigenvalue weighted by atomic mass is 16.5. The third-order valence-electron chi connectivity index (χ3n) is 2.80. The number of aromatic amines is 1. The van der Waals surface area contributed by atoms with Crippen molar-refractivity contribution in [3.63, 3.8) is 0 Å². The van der Waals surface area contributed by atoms with Gasteiger partial charge in [-0.05, 0) is 36.4 Å². The minimum absolute atomic E-state index is 0.344. The largest absolute Gasteiger partial charge is 0.464 e. The first-order valence-electron chi connectivity index (χ1n) is 6.02. The number of hydrogen-bond acceptors (Lipinski definition) is 4. The van der Waals surface area contributed by atoms with E-state index in [1.165, 1.54) is 12.7 Å². The lowest BCUT2D eigenvalue weighted by Gasteiger charge is -2.15. The van der Waals surface area contributed by atoms with E-state index in [9.17, 15) is 4.79 Å². The summed E-state index contributed by atoms with van der Waals surface area (Å²) in [5.74, 6) is -0.344. The zero-order valence-electron chi connectivity index (χ0n) is 11.1. The van der Waals surface area contributed by atoms with E-state index in [0.29, 0.717) is 5.69 Å². The fourth-order valence-corrected chi connectivity index (χ4v) is 1.93. The van der Waals surface area contributed by atoms with Crippen molar-refractivity contribution >= 4 is 5.97 Å². The first-order valence-corrected chi connectivity index (χ1v) is 6.02. The molecular formula is C14H17N3O2. The van der Waals surface area contributed by atoms with Gasteiger partial charge in [-0.3, -0.25) is 9.88 Å². The van der Waals surface area contributed by atoms with Gasteiger partial charge in [0.1, 0.15) is 5.69 Å². The Morgan fingerprint density at radius 3 is 2.68 bits per heavy atom. The molecule has 0 spiro atoms. The van der Waals surface area contributed by atoms with Crippen LogP contribution in [0.15, 0.2) is 36.8 Å². The number of rotatable bonds is 5. The van der Waals surface area contributed by atoms with Gasteiger partial charge in [-0.25, -0.2) is 4.79 Å². The third kappa shape index (κ3) is 3.66. The fraction of sp³-hybridized carbons (Fsp3) is 0.286. The molecule has 0 aliphatic carbocycles. The lowest BCUT2D eigenvalue weighted by molar-refractivity contribution is 0.0595. The molecule has 0 radical (unpaired) electrons. The topological polar surface area (TPSA) is 58.2 Å². The Bertz CT molecular complexity index is 537. The molecule has 0 amide bonds. The smallest absolute Gasteiger partial charge is 0.354 e. The van der Waals surface area contributed by atoms with Gasteiger partial charge in [-0.1, -0.05) is 0 Å². The summed E-state index contributed by atoms with van der Waals surface area (Å²) in [7, 11) is 3.41. The summed E-state index contributed by atoms with van der Waals surface area (Å²) >= 11 is 0. The van der Waals surface area contributed by atoms with E-state index >= 15 is 0 Å². The molecule has 0 fully saturated rings. The quantitative estimate of drug-likeness (QED) is 0.832. The van der Waals surface area contributed by atoms with E-state index in [4.69, 9.17) is 0 Å². The van der Waals surface area contributed by atoms with Crippen LogP contribution in [0, 0.1) is 0 Å². The standard InChI is InChI=1S/C14H17N3O2/c1-17(9-11-3-5-15-6-4-11)10-12-7-13(16-8-12)14(18)19-2/h3-8,16H,9-10H2,1-2H3. The number of esters is 1. The summed E-state index contributed by atoms with van der Waals surface area (Å²) in [6.45, 7) is 1.59. The minimum atomic E-state index is -0.344. The summed E-state index contributed by atoms with van der Waals surface area (Å²) in [6, 6.07) is 5.80. The zero-order chi connectivity index (χ0) is 13.7. The fourth-order valence-electron chi connectivity index (χ4n) is 1.93. The predicted octanol–water partition coefficient (Wildman–Crippen LogP) is 1.83. The molecular weight excluding hydrogens is 242 g/mol. The molecule has 0 saturated heterocycles. The molecule has 0 atom stereocenters. The molecule has 0 aliphatic heterocycles. The Labute approximate surface area is 112 Å². The van der Waals surface area contributed by atoms with Crippen LogP contribution >= 0.6 is 0 Å². The number of nitrogens with zero attached hydrogens (tertiary/aromatic N) is 2. The molecule has 0 bridgehead atoms. The van der Waals surface area contributed by atoms with Gasteiger partial charge in [0, 0.05) is 31.7 Å². The van der Waals surface area contributed by atoms with Gasteiger partial charge in [0.05, 0.1) is 7.11 Å². The molecule has 0 aliphatic rings. The number of pyridine rings is 1. The minimum Gasteiger partial charge on any atom is -0.464 e. The van der Waals surface area contributed by atoms with E-state index in [0.717, 1.165) is 18.7 Å². The molecule has 100 valence electrons. The first kappa shape index (κ1) is 13.3. The van der Waals surface area contributed by atoms with Gasteiger partial charge in [0.15, 0.2) is 0 Å². The van der Waals surface area contributed by atoms with Gasteiger partial charge in [0.25, 0.3) is 0 Å². The Hall–Kier alpha value is -2.14. The van der Waals surface area contributed by atoms with E-state index in [1.807, 2.05) is 31.4 Å². The van der Waals surface area contributed by atoms with Crippen molar-refractivity contribution in [3.8, 4) is 0 Å². The first-order chi connectivity index (χ1) is 9.19. The number of carbonyl (C=O) groups is 1. The van der Waals surface area contributed by atoms with Crippen LogP contribution in [0.4, 0.5) is 0 Å². The SMILES string of the molecule is COC(=O)c1cc(CN(C)Cc2ccncc2)c[nH]1. The van der Waals surface area contributed by atoms with Gasteiger partial charge in [0.2, 0.25) is 0 Å². The second-order valence-electron chi connectivity index (χ2n) is 4.44. The maximum Gasteiger partial charge on any atom is 0.354 e. The maximum atomic E-state index is 11.3. The molecule has 2 aromatic heterocycles. The molecule has 0 unspecified atom stereocenters. The highest BCUT2D eigenvalue weighted by Crippen LogP contribution is 2.09. The molecule has 2 heterocycles.